The first-order chi connectivity index (χ1) is 9.31. The van der Waals surface area contributed by atoms with Gasteiger partial charge >= 0.3 is 5.97 Å². The number of anilines is 1. The predicted octanol–water partition coefficient (Wildman–Crippen LogP) is 2.11. The Kier molecular flexibility index (Phi) is 5.12. The van der Waals surface area contributed by atoms with Gasteiger partial charge in [-0.15, -0.1) is 0 Å². The maximum atomic E-state index is 11.3. The Morgan fingerprint density at radius 1 is 1.32 bits per heavy atom. The normalized spacial score (nSPS) is 14.4. The van der Waals surface area contributed by atoms with E-state index in [0.29, 0.717) is 19.6 Å². The summed E-state index contributed by atoms with van der Waals surface area (Å²) in [5.74, 6) is 0.714. The van der Waals surface area contributed by atoms with E-state index in [0.717, 1.165) is 24.4 Å². The lowest BCUT2D eigenvalue weighted by molar-refractivity contribution is -0.142. The van der Waals surface area contributed by atoms with Crippen molar-refractivity contribution in [1.29, 1.82) is 0 Å². The number of carbonyl (C=O) groups excluding carboxylic acids is 1. The molecule has 0 aromatic carbocycles. The fourth-order valence-corrected chi connectivity index (χ4v) is 2.37. The molecule has 1 heterocycles. The van der Waals surface area contributed by atoms with Crippen LogP contribution < -0.4 is 5.32 Å². The molecule has 2 rings (SSSR count). The summed E-state index contributed by atoms with van der Waals surface area (Å²) in [4.78, 5) is 20.0. The van der Waals surface area contributed by atoms with Crippen LogP contribution in [0.15, 0.2) is 6.33 Å². The maximum absolute atomic E-state index is 11.3. The van der Waals surface area contributed by atoms with E-state index in [-0.39, 0.29) is 5.97 Å². The molecule has 1 N–H and O–H groups in total. The first kappa shape index (κ1) is 13.8. The second-order valence-corrected chi connectivity index (χ2v) is 4.69. The van der Waals surface area contributed by atoms with Crippen LogP contribution in [0.25, 0.3) is 0 Å². The van der Waals surface area contributed by atoms with Gasteiger partial charge < -0.3 is 10.1 Å². The fourth-order valence-electron chi connectivity index (χ4n) is 2.37. The van der Waals surface area contributed by atoms with Crippen molar-refractivity contribution < 1.29 is 9.53 Å². The van der Waals surface area contributed by atoms with Gasteiger partial charge in [0.1, 0.15) is 12.1 Å². The van der Waals surface area contributed by atoms with Gasteiger partial charge in [-0.1, -0.05) is 6.42 Å². The molecule has 0 amide bonds. The maximum Gasteiger partial charge on any atom is 0.307 e. The number of esters is 1. The summed E-state index contributed by atoms with van der Waals surface area (Å²) in [7, 11) is 0. The lowest BCUT2D eigenvalue weighted by atomic mass is 10.1. The highest BCUT2D eigenvalue weighted by molar-refractivity contribution is 5.70. The number of hydrogen-bond acceptors (Lipinski definition) is 5. The molecule has 1 aromatic rings. The van der Waals surface area contributed by atoms with E-state index in [1.807, 2.05) is 6.92 Å². The molecule has 5 nitrogen and oxygen atoms in total. The minimum Gasteiger partial charge on any atom is -0.466 e. The number of ether oxygens (including phenoxy) is 1. The van der Waals surface area contributed by atoms with Gasteiger partial charge in [-0.25, -0.2) is 9.97 Å². The van der Waals surface area contributed by atoms with Crippen LogP contribution in [0, 0.1) is 0 Å². The summed E-state index contributed by atoms with van der Waals surface area (Å²) < 4.78 is 4.90. The van der Waals surface area contributed by atoms with E-state index >= 15 is 0 Å². The average Bonchev–Trinajstić information content (AvgIpc) is 2.65. The van der Waals surface area contributed by atoms with Crippen LogP contribution in [0.4, 0.5) is 5.82 Å². The molecule has 0 radical (unpaired) electrons. The Balaban J connectivity index is 1.95. The number of aromatic nitrogens is 2. The highest BCUT2D eigenvalue weighted by Crippen LogP contribution is 2.23. The average molecular weight is 263 g/mol. The smallest absolute Gasteiger partial charge is 0.307 e. The molecule has 5 heteroatoms. The number of fused-ring (bicyclic) bond motifs is 1. The van der Waals surface area contributed by atoms with Crippen molar-refractivity contribution in [1.82, 2.24) is 9.97 Å². The van der Waals surface area contributed by atoms with E-state index in [1.54, 1.807) is 6.33 Å². The molecule has 0 aliphatic heterocycles. The second kappa shape index (κ2) is 7.07. The zero-order chi connectivity index (χ0) is 13.5. The minimum atomic E-state index is -0.171. The van der Waals surface area contributed by atoms with Crippen LogP contribution in [-0.4, -0.2) is 29.1 Å². The Labute approximate surface area is 113 Å². The van der Waals surface area contributed by atoms with Crippen molar-refractivity contribution in [3.63, 3.8) is 0 Å². The molecule has 1 aliphatic carbocycles. The van der Waals surface area contributed by atoms with Crippen LogP contribution in [0.3, 0.4) is 0 Å². The number of carbonyl (C=O) groups is 1. The highest BCUT2D eigenvalue weighted by atomic mass is 16.5. The van der Waals surface area contributed by atoms with Crippen LogP contribution in [-0.2, 0) is 22.4 Å². The lowest BCUT2D eigenvalue weighted by Gasteiger charge is -2.12. The van der Waals surface area contributed by atoms with Crippen molar-refractivity contribution in [2.45, 2.75) is 45.4 Å². The third-order valence-corrected chi connectivity index (χ3v) is 3.30. The summed E-state index contributed by atoms with van der Waals surface area (Å²) in [6.07, 6.45) is 7.67. The zero-order valence-electron chi connectivity index (χ0n) is 11.4. The summed E-state index contributed by atoms with van der Waals surface area (Å²) in [6, 6.07) is 0. The second-order valence-electron chi connectivity index (χ2n) is 4.69. The third-order valence-electron chi connectivity index (χ3n) is 3.30. The lowest BCUT2D eigenvalue weighted by Crippen LogP contribution is -2.14. The number of nitrogens with zero attached hydrogens (tertiary/aromatic N) is 2. The molecule has 0 bridgehead atoms. The largest absolute Gasteiger partial charge is 0.466 e. The van der Waals surface area contributed by atoms with Gasteiger partial charge in [0, 0.05) is 17.8 Å². The molecule has 19 heavy (non-hydrogen) atoms. The van der Waals surface area contributed by atoms with Gasteiger partial charge in [0.05, 0.1) is 13.0 Å². The van der Waals surface area contributed by atoms with Crippen LogP contribution in [0.2, 0.25) is 0 Å². The summed E-state index contributed by atoms with van der Waals surface area (Å²) >= 11 is 0. The van der Waals surface area contributed by atoms with Crippen molar-refractivity contribution in [2.24, 2.45) is 0 Å². The fraction of sp³-hybridized carbons (Fsp3) is 0.643. The van der Waals surface area contributed by atoms with Gasteiger partial charge in [-0.2, -0.15) is 0 Å². The van der Waals surface area contributed by atoms with Crippen molar-refractivity contribution in [2.75, 3.05) is 18.5 Å². The monoisotopic (exact) mass is 263 g/mol. The molecule has 0 fully saturated rings. The molecular weight excluding hydrogens is 242 g/mol. The van der Waals surface area contributed by atoms with Crippen molar-refractivity contribution >= 4 is 11.8 Å². The molecule has 1 aliphatic rings. The van der Waals surface area contributed by atoms with Crippen LogP contribution in [0.1, 0.15) is 43.9 Å². The first-order valence-corrected chi connectivity index (χ1v) is 7.03. The number of hydrogen-bond donors (Lipinski definition) is 1. The summed E-state index contributed by atoms with van der Waals surface area (Å²) in [5, 5.41) is 3.24. The Hall–Kier alpha value is -1.65. The summed E-state index contributed by atoms with van der Waals surface area (Å²) in [6.45, 7) is 2.81. The topological polar surface area (TPSA) is 64.1 Å². The zero-order valence-corrected chi connectivity index (χ0v) is 11.4. The molecule has 0 unspecified atom stereocenters. The van der Waals surface area contributed by atoms with E-state index in [2.05, 4.69) is 15.3 Å². The van der Waals surface area contributed by atoms with Crippen LogP contribution >= 0.6 is 0 Å². The van der Waals surface area contributed by atoms with E-state index in [4.69, 9.17) is 4.74 Å². The van der Waals surface area contributed by atoms with Gasteiger partial charge in [-0.05, 0) is 32.6 Å². The molecule has 0 spiro atoms. The number of rotatable bonds is 5. The van der Waals surface area contributed by atoms with Gasteiger partial charge in [0.15, 0.2) is 0 Å². The number of aryl methyl sites for hydroxylation is 1. The molecular formula is C14H21N3O2. The van der Waals surface area contributed by atoms with E-state index < -0.39 is 0 Å². The van der Waals surface area contributed by atoms with Gasteiger partial charge in [-0.3, -0.25) is 4.79 Å². The molecule has 104 valence electrons. The quantitative estimate of drug-likeness (QED) is 0.651. The SMILES string of the molecule is CCOC(=O)CCNc1ncnc2c1CCCCC2. The van der Waals surface area contributed by atoms with Gasteiger partial charge in [0.25, 0.3) is 0 Å². The van der Waals surface area contributed by atoms with Crippen molar-refractivity contribution in [3.8, 4) is 0 Å². The van der Waals surface area contributed by atoms with E-state index in [9.17, 15) is 4.79 Å². The molecule has 0 saturated carbocycles. The highest BCUT2D eigenvalue weighted by Gasteiger charge is 2.14. The standard InChI is InChI=1S/C14H21N3O2/c1-2-19-13(18)8-9-15-14-11-6-4-3-5-7-12(11)16-10-17-14/h10H,2-9H2,1H3,(H,15,16,17). The third kappa shape index (κ3) is 3.91. The number of nitrogens with one attached hydrogen (secondary N) is 1. The Morgan fingerprint density at radius 3 is 3.00 bits per heavy atom. The Bertz CT molecular complexity index is 435. The van der Waals surface area contributed by atoms with Crippen LogP contribution in [0.5, 0.6) is 0 Å². The molecule has 0 saturated heterocycles. The molecule has 0 atom stereocenters. The predicted molar refractivity (Wildman–Crippen MR) is 73.0 cm³/mol. The first-order valence-electron chi connectivity index (χ1n) is 7.03. The summed E-state index contributed by atoms with van der Waals surface area (Å²) in [5.41, 5.74) is 2.38. The Morgan fingerprint density at radius 2 is 2.16 bits per heavy atom. The van der Waals surface area contributed by atoms with Gasteiger partial charge in [0.2, 0.25) is 0 Å². The molecule has 1 aromatic heterocycles. The van der Waals surface area contributed by atoms with Crippen molar-refractivity contribution in [3.05, 3.63) is 17.6 Å². The minimum absolute atomic E-state index is 0.171. The van der Waals surface area contributed by atoms with E-state index in [1.165, 1.54) is 24.8 Å².